The molecule has 0 amide bonds. The molecule has 0 aromatic rings. The van der Waals surface area contributed by atoms with E-state index in [1.165, 1.54) is 30.7 Å². The second-order valence-electron chi connectivity index (χ2n) is 4.82. The Kier molecular flexibility index (Phi) is 9.07. The largest absolute Gasteiger partial charge is 0.743 e. The van der Waals surface area contributed by atoms with Crippen molar-refractivity contribution in [2.24, 2.45) is 0 Å². The smallest absolute Gasteiger partial charge is 0.399 e. The molecular formula is C12H24F5NO3S. The minimum absolute atomic E-state index is 0.0269. The van der Waals surface area contributed by atoms with Crippen LogP contribution in [0.3, 0.4) is 0 Å². The van der Waals surface area contributed by atoms with Gasteiger partial charge in [0.05, 0.1) is 26.2 Å². The highest BCUT2D eigenvalue weighted by Gasteiger charge is 2.65. The van der Waals surface area contributed by atoms with Crippen molar-refractivity contribution in [1.29, 1.82) is 0 Å². The lowest BCUT2D eigenvalue weighted by molar-refractivity contribution is -0.921. The molecule has 136 valence electrons. The highest BCUT2D eigenvalue weighted by Crippen LogP contribution is 2.41. The van der Waals surface area contributed by atoms with E-state index in [1.54, 1.807) is 0 Å². The first-order chi connectivity index (χ1) is 9.69. The Morgan fingerprint density at radius 2 is 1.23 bits per heavy atom. The molecule has 22 heavy (non-hydrogen) atoms. The van der Waals surface area contributed by atoms with Gasteiger partial charge in [0, 0.05) is 0 Å². The third-order valence-corrected chi connectivity index (χ3v) is 4.79. The molecule has 0 fully saturated rings. The molecule has 0 aliphatic heterocycles. The molecule has 0 aromatic carbocycles. The van der Waals surface area contributed by atoms with E-state index < -0.39 is 27.5 Å². The van der Waals surface area contributed by atoms with Gasteiger partial charge >= 0.3 is 11.2 Å². The monoisotopic (exact) mass is 357 g/mol. The number of nitrogens with zero attached hydrogens (tertiary/aromatic N) is 1. The van der Waals surface area contributed by atoms with E-state index in [4.69, 9.17) is 0 Å². The summed E-state index contributed by atoms with van der Waals surface area (Å²) in [6, 6.07) is 0. The predicted molar refractivity (Wildman–Crippen MR) is 72.6 cm³/mol. The van der Waals surface area contributed by atoms with E-state index >= 15 is 0 Å². The van der Waals surface area contributed by atoms with E-state index in [9.17, 15) is 34.9 Å². The number of quaternary nitrogens is 1. The normalized spacial score (nSPS) is 15.0. The zero-order valence-corrected chi connectivity index (χ0v) is 14.2. The van der Waals surface area contributed by atoms with Crippen molar-refractivity contribution < 1.29 is 39.4 Å². The number of hydrogen-bond donors (Lipinski definition) is 0. The second-order valence-corrected chi connectivity index (χ2v) is 6.24. The summed E-state index contributed by atoms with van der Waals surface area (Å²) >= 11 is 0. The minimum atomic E-state index is -6.58. The van der Waals surface area contributed by atoms with Gasteiger partial charge in [-0.3, -0.25) is 0 Å². The van der Waals surface area contributed by atoms with Crippen LogP contribution in [0.4, 0.5) is 22.0 Å². The van der Waals surface area contributed by atoms with Crippen molar-refractivity contribution in [2.45, 2.75) is 52.0 Å². The second kappa shape index (κ2) is 8.39. The van der Waals surface area contributed by atoms with Gasteiger partial charge in [-0.2, -0.15) is 17.6 Å². The Hall–Kier alpha value is -0.480. The molecule has 0 spiro atoms. The van der Waals surface area contributed by atoms with Gasteiger partial charge in [-0.05, 0) is 34.6 Å². The quantitative estimate of drug-likeness (QED) is 0.400. The summed E-state index contributed by atoms with van der Waals surface area (Å²) in [6.07, 6.45) is -3.44. The van der Waals surface area contributed by atoms with Crippen molar-refractivity contribution in [1.82, 2.24) is 0 Å². The van der Waals surface area contributed by atoms with E-state index in [1.807, 2.05) is 0 Å². The van der Waals surface area contributed by atoms with E-state index in [2.05, 4.69) is 27.7 Å². The zero-order chi connectivity index (χ0) is 18.4. The van der Waals surface area contributed by atoms with Gasteiger partial charge in [-0.1, -0.05) is 0 Å². The molecular weight excluding hydrogens is 333 g/mol. The predicted octanol–water partition coefficient (Wildman–Crippen LogP) is 3.00. The van der Waals surface area contributed by atoms with Gasteiger partial charge in [0.15, 0.2) is 16.3 Å². The molecule has 0 N–H and O–H groups in total. The maximum atomic E-state index is 12.1. The Morgan fingerprint density at radius 1 is 0.955 bits per heavy atom. The Labute approximate surface area is 128 Å². The standard InChI is InChI=1S/C8H20N.C4H5F5O3S/c1-5-9(6-2,7-3)8-4;1-2(5)3(6,7)4(8,9)13(10,11)12/h5-8H2,1-4H3;2H,1H3,(H,10,11,12)/q+1;/p-1. The summed E-state index contributed by atoms with van der Waals surface area (Å²) in [6.45, 7) is 14.2. The maximum absolute atomic E-state index is 12.1. The molecule has 0 heterocycles. The van der Waals surface area contributed by atoms with E-state index in [0.717, 1.165) is 0 Å². The Morgan fingerprint density at radius 3 is 1.27 bits per heavy atom. The summed E-state index contributed by atoms with van der Waals surface area (Å²) in [5, 5.41) is -5.94. The van der Waals surface area contributed by atoms with Gasteiger partial charge in [0.1, 0.15) is 0 Å². The summed E-state index contributed by atoms with van der Waals surface area (Å²) in [5.41, 5.74) is 0. The molecule has 0 radical (unpaired) electrons. The Balaban J connectivity index is 0. The topological polar surface area (TPSA) is 57.2 Å². The van der Waals surface area contributed by atoms with Crippen LogP contribution in [0.25, 0.3) is 0 Å². The summed E-state index contributed by atoms with van der Waals surface area (Å²) in [7, 11) is -6.58. The maximum Gasteiger partial charge on any atom is 0.399 e. The van der Waals surface area contributed by atoms with Crippen LogP contribution in [0.5, 0.6) is 0 Å². The summed E-state index contributed by atoms with van der Waals surface area (Å²) < 4.78 is 90.5. The van der Waals surface area contributed by atoms with Crippen LogP contribution in [0.1, 0.15) is 34.6 Å². The van der Waals surface area contributed by atoms with Crippen LogP contribution in [0.15, 0.2) is 0 Å². The molecule has 1 unspecified atom stereocenters. The van der Waals surface area contributed by atoms with Gasteiger partial charge in [0.2, 0.25) is 0 Å². The molecule has 0 bridgehead atoms. The number of alkyl halides is 5. The van der Waals surface area contributed by atoms with Crippen molar-refractivity contribution in [2.75, 3.05) is 26.2 Å². The average Bonchev–Trinajstić information content (AvgIpc) is 2.41. The molecule has 0 rings (SSSR count). The highest BCUT2D eigenvalue weighted by atomic mass is 32.2. The summed E-state index contributed by atoms with van der Waals surface area (Å²) in [4.78, 5) is 0. The summed E-state index contributed by atoms with van der Waals surface area (Å²) in [5.74, 6) is -5.52. The van der Waals surface area contributed by atoms with Crippen molar-refractivity contribution in [3.05, 3.63) is 0 Å². The molecule has 0 saturated heterocycles. The van der Waals surface area contributed by atoms with Gasteiger partial charge < -0.3 is 9.04 Å². The van der Waals surface area contributed by atoms with Gasteiger partial charge in [0.25, 0.3) is 0 Å². The third-order valence-electron chi connectivity index (χ3n) is 3.88. The molecule has 10 heteroatoms. The van der Waals surface area contributed by atoms with Crippen LogP contribution in [0, 0.1) is 0 Å². The third kappa shape index (κ3) is 5.31. The van der Waals surface area contributed by atoms with Crippen LogP contribution in [-0.4, -0.2) is 61.0 Å². The molecule has 0 aromatic heterocycles. The fraction of sp³-hybridized carbons (Fsp3) is 1.00. The van der Waals surface area contributed by atoms with Crippen molar-refractivity contribution in [3.63, 3.8) is 0 Å². The lowest BCUT2D eigenvalue weighted by Gasteiger charge is -2.34. The van der Waals surface area contributed by atoms with Crippen LogP contribution in [0.2, 0.25) is 0 Å². The lowest BCUT2D eigenvalue weighted by Crippen LogP contribution is -2.51. The number of rotatable bonds is 7. The molecule has 0 aliphatic rings. The first-order valence-corrected chi connectivity index (χ1v) is 8.30. The molecule has 0 saturated carbocycles. The fourth-order valence-electron chi connectivity index (χ4n) is 1.74. The zero-order valence-electron chi connectivity index (χ0n) is 13.4. The van der Waals surface area contributed by atoms with Crippen LogP contribution < -0.4 is 0 Å². The number of hydrogen-bond acceptors (Lipinski definition) is 3. The Bertz CT molecular complexity index is 405. The van der Waals surface area contributed by atoms with Crippen molar-refractivity contribution >= 4 is 10.1 Å². The lowest BCUT2D eigenvalue weighted by atomic mass is 10.2. The van der Waals surface area contributed by atoms with Gasteiger partial charge in [-0.15, -0.1) is 0 Å². The molecule has 0 aliphatic carbocycles. The van der Waals surface area contributed by atoms with E-state index in [0.29, 0.717) is 0 Å². The molecule has 4 nitrogen and oxygen atoms in total. The van der Waals surface area contributed by atoms with Crippen molar-refractivity contribution in [3.8, 4) is 0 Å². The molecule has 1 atom stereocenters. The van der Waals surface area contributed by atoms with E-state index in [-0.39, 0.29) is 6.92 Å². The SMILES string of the molecule is CC(F)C(F)(F)C(F)(F)S(=O)(=O)[O-].CC[N+](CC)(CC)CC. The number of halogens is 5. The fourth-order valence-corrected chi connectivity index (χ4v) is 2.24. The highest BCUT2D eigenvalue weighted by molar-refractivity contribution is 7.86. The first-order valence-electron chi connectivity index (χ1n) is 6.89. The first kappa shape index (κ1) is 23.8. The minimum Gasteiger partial charge on any atom is -0.743 e. The van der Waals surface area contributed by atoms with Gasteiger partial charge in [-0.25, -0.2) is 12.8 Å². The van der Waals surface area contributed by atoms with Crippen LogP contribution in [-0.2, 0) is 10.1 Å². The van der Waals surface area contributed by atoms with Crippen LogP contribution >= 0.6 is 0 Å². The average molecular weight is 357 g/mol.